The molecular weight excluding hydrogens is 404 g/mol. The average molecular weight is 431 g/mol. The number of nitrogens with one attached hydrogen (secondary N) is 1. The second-order valence-corrected chi connectivity index (χ2v) is 7.75. The van der Waals surface area contributed by atoms with Gasteiger partial charge in [0.25, 0.3) is 11.8 Å². The Kier molecular flexibility index (Phi) is 6.40. The van der Waals surface area contributed by atoms with Crippen LogP contribution in [-0.4, -0.2) is 37.0 Å². The van der Waals surface area contributed by atoms with Gasteiger partial charge in [0, 0.05) is 29.9 Å². The molecule has 164 valence electrons. The summed E-state index contributed by atoms with van der Waals surface area (Å²) >= 11 is 0. The number of hydrogen-bond acceptors (Lipinski definition) is 4. The van der Waals surface area contributed by atoms with Crippen molar-refractivity contribution in [1.82, 2.24) is 4.90 Å². The largest absolute Gasteiger partial charge is 0.497 e. The first-order valence-corrected chi connectivity index (χ1v) is 10.6. The van der Waals surface area contributed by atoms with E-state index in [4.69, 9.17) is 9.47 Å². The monoisotopic (exact) mass is 430 g/mol. The zero-order valence-corrected chi connectivity index (χ0v) is 18.3. The van der Waals surface area contributed by atoms with Crippen LogP contribution in [0.2, 0.25) is 0 Å². The molecule has 0 aliphatic carbocycles. The molecule has 6 nitrogen and oxygen atoms in total. The number of fused-ring (bicyclic) bond motifs is 1. The fourth-order valence-electron chi connectivity index (χ4n) is 3.84. The number of aryl methyl sites for hydroxylation is 1. The molecule has 1 N–H and O–H groups in total. The average Bonchev–Trinajstić information content (AvgIpc) is 2.81. The van der Waals surface area contributed by atoms with Crippen molar-refractivity contribution in [2.45, 2.75) is 19.9 Å². The van der Waals surface area contributed by atoms with Crippen molar-refractivity contribution in [3.63, 3.8) is 0 Å². The van der Waals surface area contributed by atoms with Crippen molar-refractivity contribution in [3.05, 3.63) is 89.0 Å². The number of amides is 2. The van der Waals surface area contributed by atoms with Gasteiger partial charge in [-0.2, -0.15) is 0 Å². The molecule has 0 atom stereocenters. The standard InChI is InChI=1S/C26H26N2O4/c1-18-6-3-4-7-19(18)16-28-15-14-22-23(26(28)30)8-5-9-24(22)32-17-25(29)27-20-10-12-21(31-2)13-11-20/h3-13H,14-17H2,1-2H3,(H,27,29). The predicted molar refractivity (Wildman–Crippen MR) is 123 cm³/mol. The number of carbonyl (C=O) groups is 2. The molecule has 0 aromatic heterocycles. The molecular formula is C26H26N2O4. The third-order valence-corrected chi connectivity index (χ3v) is 5.64. The molecule has 1 heterocycles. The van der Waals surface area contributed by atoms with Gasteiger partial charge in [0.1, 0.15) is 11.5 Å². The van der Waals surface area contributed by atoms with Crippen molar-refractivity contribution in [1.29, 1.82) is 0 Å². The lowest BCUT2D eigenvalue weighted by Crippen LogP contribution is -2.37. The van der Waals surface area contributed by atoms with E-state index in [0.717, 1.165) is 16.9 Å². The highest BCUT2D eigenvalue weighted by atomic mass is 16.5. The van der Waals surface area contributed by atoms with Gasteiger partial charge in [-0.1, -0.05) is 30.3 Å². The van der Waals surface area contributed by atoms with Crippen LogP contribution in [0.4, 0.5) is 5.69 Å². The molecule has 4 rings (SSSR count). The summed E-state index contributed by atoms with van der Waals surface area (Å²) in [6.07, 6.45) is 0.684. The number of rotatable bonds is 7. The molecule has 32 heavy (non-hydrogen) atoms. The lowest BCUT2D eigenvalue weighted by atomic mass is 9.97. The Morgan fingerprint density at radius 2 is 1.81 bits per heavy atom. The third-order valence-electron chi connectivity index (χ3n) is 5.64. The highest BCUT2D eigenvalue weighted by Crippen LogP contribution is 2.29. The number of hydrogen-bond donors (Lipinski definition) is 1. The van der Waals surface area contributed by atoms with Crippen molar-refractivity contribution < 1.29 is 19.1 Å². The van der Waals surface area contributed by atoms with Crippen molar-refractivity contribution in [2.24, 2.45) is 0 Å². The molecule has 6 heteroatoms. The van der Waals surface area contributed by atoms with Crippen LogP contribution in [0.15, 0.2) is 66.7 Å². The van der Waals surface area contributed by atoms with Crippen molar-refractivity contribution >= 4 is 17.5 Å². The van der Waals surface area contributed by atoms with Gasteiger partial charge in [-0.3, -0.25) is 9.59 Å². The van der Waals surface area contributed by atoms with E-state index >= 15 is 0 Å². The molecule has 0 bridgehead atoms. The molecule has 1 aliphatic rings. The Bertz CT molecular complexity index is 1120. The van der Waals surface area contributed by atoms with Crippen LogP contribution >= 0.6 is 0 Å². The van der Waals surface area contributed by atoms with Crippen LogP contribution in [0, 0.1) is 6.92 Å². The minimum Gasteiger partial charge on any atom is -0.497 e. The van der Waals surface area contributed by atoms with Gasteiger partial charge in [0.05, 0.1) is 7.11 Å². The summed E-state index contributed by atoms with van der Waals surface area (Å²) in [6, 6.07) is 20.6. The molecule has 3 aromatic carbocycles. The lowest BCUT2D eigenvalue weighted by Gasteiger charge is -2.30. The minimum atomic E-state index is -0.268. The maximum absolute atomic E-state index is 13.1. The Balaban J connectivity index is 1.40. The van der Waals surface area contributed by atoms with Gasteiger partial charge in [-0.05, 0) is 60.9 Å². The quantitative estimate of drug-likeness (QED) is 0.609. The van der Waals surface area contributed by atoms with Crippen LogP contribution < -0.4 is 14.8 Å². The molecule has 0 saturated heterocycles. The van der Waals surface area contributed by atoms with E-state index in [1.165, 1.54) is 5.56 Å². The van der Waals surface area contributed by atoms with Crippen LogP contribution in [-0.2, 0) is 17.8 Å². The van der Waals surface area contributed by atoms with E-state index in [1.54, 1.807) is 37.4 Å². The highest BCUT2D eigenvalue weighted by molar-refractivity contribution is 5.97. The van der Waals surface area contributed by atoms with Gasteiger partial charge in [0.15, 0.2) is 6.61 Å². The Morgan fingerprint density at radius 3 is 2.56 bits per heavy atom. The second kappa shape index (κ2) is 9.56. The number of ether oxygens (including phenoxy) is 2. The second-order valence-electron chi connectivity index (χ2n) is 7.75. The van der Waals surface area contributed by atoms with Crippen LogP contribution in [0.3, 0.4) is 0 Å². The molecule has 0 unspecified atom stereocenters. The topological polar surface area (TPSA) is 67.9 Å². The molecule has 0 radical (unpaired) electrons. The Labute approximate surface area is 187 Å². The summed E-state index contributed by atoms with van der Waals surface area (Å²) in [5, 5.41) is 2.80. The van der Waals surface area contributed by atoms with Gasteiger partial charge in [-0.15, -0.1) is 0 Å². The van der Waals surface area contributed by atoms with E-state index < -0.39 is 0 Å². The highest BCUT2D eigenvalue weighted by Gasteiger charge is 2.27. The summed E-state index contributed by atoms with van der Waals surface area (Å²) in [4.78, 5) is 27.3. The van der Waals surface area contributed by atoms with Crippen molar-refractivity contribution in [2.75, 3.05) is 25.6 Å². The molecule has 2 amide bonds. The molecule has 0 fully saturated rings. The Morgan fingerprint density at radius 1 is 1.03 bits per heavy atom. The van der Waals surface area contributed by atoms with Crippen LogP contribution in [0.1, 0.15) is 27.0 Å². The van der Waals surface area contributed by atoms with E-state index in [9.17, 15) is 9.59 Å². The molecule has 0 saturated carbocycles. The maximum atomic E-state index is 13.1. The molecule has 0 spiro atoms. The summed E-state index contributed by atoms with van der Waals surface area (Å²) < 4.78 is 10.9. The number of carbonyl (C=O) groups excluding carboxylic acids is 2. The first-order valence-electron chi connectivity index (χ1n) is 10.6. The third kappa shape index (κ3) is 4.75. The van der Waals surface area contributed by atoms with E-state index in [1.807, 2.05) is 29.2 Å². The van der Waals surface area contributed by atoms with Gasteiger partial charge in [-0.25, -0.2) is 0 Å². The normalized spacial score (nSPS) is 12.8. The zero-order valence-electron chi connectivity index (χ0n) is 18.3. The maximum Gasteiger partial charge on any atom is 0.262 e. The first kappa shape index (κ1) is 21.4. The summed E-state index contributed by atoms with van der Waals surface area (Å²) in [5.41, 5.74) is 4.48. The number of nitrogens with zero attached hydrogens (tertiary/aromatic N) is 1. The predicted octanol–water partition coefficient (Wildman–Crippen LogP) is 4.22. The summed E-state index contributed by atoms with van der Waals surface area (Å²) in [5.74, 6) is 1.02. The van der Waals surface area contributed by atoms with E-state index in [0.29, 0.717) is 36.5 Å². The van der Waals surface area contributed by atoms with E-state index in [2.05, 4.69) is 24.4 Å². The number of methoxy groups -OCH3 is 1. The molecule has 3 aromatic rings. The van der Waals surface area contributed by atoms with E-state index in [-0.39, 0.29) is 18.4 Å². The van der Waals surface area contributed by atoms with Gasteiger partial charge < -0.3 is 19.7 Å². The summed E-state index contributed by atoms with van der Waals surface area (Å²) in [6.45, 7) is 3.11. The molecule has 1 aliphatic heterocycles. The first-order chi connectivity index (χ1) is 15.5. The number of benzene rings is 3. The van der Waals surface area contributed by atoms with Gasteiger partial charge in [0.2, 0.25) is 0 Å². The number of anilines is 1. The summed E-state index contributed by atoms with van der Waals surface area (Å²) in [7, 11) is 1.59. The van der Waals surface area contributed by atoms with Gasteiger partial charge >= 0.3 is 0 Å². The SMILES string of the molecule is COc1ccc(NC(=O)COc2cccc3c2CCN(Cc2ccccc2C)C3=O)cc1. The van der Waals surface area contributed by atoms with Crippen molar-refractivity contribution in [3.8, 4) is 11.5 Å². The smallest absolute Gasteiger partial charge is 0.262 e. The van der Waals surface area contributed by atoms with Crippen LogP contribution in [0.5, 0.6) is 11.5 Å². The fraction of sp³-hybridized carbons (Fsp3) is 0.231. The zero-order chi connectivity index (χ0) is 22.5. The minimum absolute atomic E-state index is 0.0114. The lowest BCUT2D eigenvalue weighted by molar-refractivity contribution is -0.118. The fourth-order valence-corrected chi connectivity index (χ4v) is 3.84. The van der Waals surface area contributed by atoms with Crippen LogP contribution in [0.25, 0.3) is 0 Å². The Hall–Kier alpha value is -3.80.